The highest BCUT2D eigenvalue weighted by molar-refractivity contribution is 6.42. The molecule has 1 aliphatic rings. The second-order valence-electron chi connectivity index (χ2n) is 8.53. The Morgan fingerprint density at radius 1 is 1.00 bits per heavy atom. The van der Waals surface area contributed by atoms with E-state index >= 15 is 0 Å². The summed E-state index contributed by atoms with van der Waals surface area (Å²) in [5.74, 6) is -0.178. The van der Waals surface area contributed by atoms with E-state index in [1.807, 2.05) is 60.7 Å². The average molecular weight is 499 g/mol. The Labute approximate surface area is 210 Å². The summed E-state index contributed by atoms with van der Waals surface area (Å²) < 4.78 is 0. The number of halogens is 2. The fraction of sp³-hybridized carbons (Fsp3) is 0.296. The fourth-order valence-electron chi connectivity index (χ4n) is 4.17. The molecule has 3 aromatic carbocycles. The van der Waals surface area contributed by atoms with Crippen LogP contribution >= 0.6 is 23.2 Å². The van der Waals surface area contributed by atoms with Crippen molar-refractivity contribution in [3.05, 3.63) is 106 Å². The lowest BCUT2D eigenvalue weighted by molar-refractivity contribution is -0.208. The number of likely N-dealkylation sites (tertiary alicyclic amines) is 1. The third kappa shape index (κ3) is 6.59. The number of β-amino-alcohol motifs (C(OH)–C–C–N with tert-alkyl or cyclic N) is 1. The molecule has 1 unspecified atom stereocenters. The van der Waals surface area contributed by atoms with Crippen molar-refractivity contribution in [1.82, 2.24) is 9.96 Å². The summed E-state index contributed by atoms with van der Waals surface area (Å²) in [6, 6.07) is 24.5. The summed E-state index contributed by atoms with van der Waals surface area (Å²) in [6.45, 7) is 2.18. The number of hydroxylamine groups is 2. The van der Waals surface area contributed by atoms with Gasteiger partial charge in [0, 0.05) is 19.6 Å². The Morgan fingerprint density at radius 2 is 1.71 bits per heavy atom. The van der Waals surface area contributed by atoms with Gasteiger partial charge in [0.05, 0.1) is 28.6 Å². The van der Waals surface area contributed by atoms with Crippen LogP contribution in [0.15, 0.2) is 78.9 Å². The third-order valence-electron chi connectivity index (χ3n) is 5.94. The van der Waals surface area contributed by atoms with Gasteiger partial charge < -0.3 is 5.11 Å². The van der Waals surface area contributed by atoms with E-state index in [9.17, 15) is 9.90 Å². The van der Waals surface area contributed by atoms with Crippen LogP contribution in [0.4, 0.5) is 0 Å². The van der Waals surface area contributed by atoms with Gasteiger partial charge in [-0.2, -0.15) is 0 Å². The highest BCUT2D eigenvalue weighted by Crippen LogP contribution is 2.28. The summed E-state index contributed by atoms with van der Waals surface area (Å²) in [5.41, 5.74) is 2.70. The number of nitrogens with zero attached hydrogens (tertiary/aromatic N) is 2. The minimum absolute atomic E-state index is 0.123. The molecule has 1 fully saturated rings. The molecule has 178 valence electrons. The Balaban J connectivity index is 1.62. The molecule has 3 aromatic rings. The van der Waals surface area contributed by atoms with E-state index < -0.39 is 0 Å². The number of aliphatic hydroxyl groups excluding tert-OH is 1. The van der Waals surface area contributed by atoms with Crippen molar-refractivity contribution in [3.8, 4) is 0 Å². The maximum Gasteiger partial charge on any atom is 0.251 e. The van der Waals surface area contributed by atoms with Crippen LogP contribution in [-0.2, 0) is 22.7 Å². The number of amides is 1. The molecule has 0 spiro atoms. The van der Waals surface area contributed by atoms with Crippen molar-refractivity contribution in [1.29, 1.82) is 0 Å². The van der Waals surface area contributed by atoms with Crippen LogP contribution in [0.5, 0.6) is 0 Å². The number of aliphatic hydroxyl groups is 1. The molecule has 1 heterocycles. The van der Waals surface area contributed by atoms with Gasteiger partial charge >= 0.3 is 0 Å². The first-order valence-electron chi connectivity index (χ1n) is 11.4. The molecular weight excluding hydrogens is 471 g/mol. The quantitative estimate of drug-likeness (QED) is 0.406. The van der Waals surface area contributed by atoms with Crippen LogP contribution in [0.3, 0.4) is 0 Å². The van der Waals surface area contributed by atoms with E-state index in [4.69, 9.17) is 28.0 Å². The Bertz CT molecular complexity index is 1080. The summed E-state index contributed by atoms with van der Waals surface area (Å²) in [7, 11) is 0. The van der Waals surface area contributed by atoms with Crippen LogP contribution in [0.25, 0.3) is 0 Å². The lowest BCUT2D eigenvalue weighted by atomic mass is 10.0. The largest absolute Gasteiger partial charge is 0.392 e. The Morgan fingerprint density at radius 3 is 2.35 bits per heavy atom. The molecule has 4 rings (SSSR count). The summed E-state index contributed by atoms with van der Waals surface area (Å²) in [6.07, 6.45) is 0.503. The van der Waals surface area contributed by atoms with E-state index in [0.717, 1.165) is 29.7 Å². The summed E-state index contributed by atoms with van der Waals surface area (Å²) in [5, 5.41) is 12.4. The second-order valence-corrected chi connectivity index (χ2v) is 9.35. The van der Waals surface area contributed by atoms with Crippen LogP contribution in [0, 0.1) is 0 Å². The number of hydrogen-bond acceptors (Lipinski definition) is 4. The van der Waals surface area contributed by atoms with Crippen molar-refractivity contribution >= 4 is 29.1 Å². The molecule has 0 aliphatic carbocycles. The highest BCUT2D eigenvalue weighted by Gasteiger charge is 2.31. The van der Waals surface area contributed by atoms with Gasteiger partial charge in [-0.15, -0.1) is 0 Å². The molecule has 1 aliphatic heterocycles. The lowest BCUT2D eigenvalue weighted by Crippen LogP contribution is -2.42. The molecule has 0 radical (unpaired) electrons. The van der Waals surface area contributed by atoms with Gasteiger partial charge in [-0.1, -0.05) is 89.9 Å². The van der Waals surface area contributed by atoms with Crippen LogP contribution in [-0.4, -0.2) is 46.7 Å². The average Bonchev–Trinajstić information content (AvgIpc) is 3.26. The van der Waals surface area contributed by atoms with Crippen molar-refractivity contribution in [2.24, 2.45) is 0 Å². The molecule has 0 aromatic heterocycles. The topological polar surface area (TPSA) is 53.0 Å². The fourth-order valence-corrected chi connectivity index (χ4v) is 4.49. The normalized spacial score (nSPS) is 17.0. The molecule has 1 saturated heterocycles. The van der Waals surface area contributed by atoms with Gasteiger partial charge in [0.15, 0.2) is 0 Å². The molecule has 0 saturated carbocycles. The first kappa shape index (κ1) is 24.7. The van der Waals surface area contributed by atoms with Crippen LogP contribution < -0.4 is 0 Å². The highest BCUT2D eigenvalue weighted by atomic mass is 35.5. The Kier molecular flexibility index (Phi) is 8.59. The predicted molar refractivity (Wildman–Crippen MR) is 134 cm³/mol. The standard InChI is InChI=1S/C27H28Cl2N2O3/c28-24-12-11-21(15-25(24)29)16-27(33)31(34-19-20-7-3-1-4-8-20)26(22-9-5-2-6-10-22)18-30-14-13-23(32)17-30/h1-12,15,23,26,32H,13-14,16-19H2/t23?,26-/m1/s1. The lowest BCUT2D eigenvalue weighted by Gasteiger charge is -2.34. The van der Waals surface area contributed by atoms with Crippen LogP contribution in [0.1, 0.15) is 29.2 Å². The molecule has 1 N–H and O–H groups in total. The smallest absolute Gasteiger partial charge is 0.251 e. The number of rotatable bonds is 9. The van der Waals surface area contributed by atoms with Gasteiger partial charge in [0.1, 0.15) is 6.61 Å². The zero-order chi connectivity index (χ0) is 23.9. The van der Waals surface area contributed by atoms with Gasteiger partial charge in [0.2, 0.25) is 0 Å². The molecule has 0 bridgehead atoms. The van der Waals surface area contributed by atoms with Gasteiger partial charge in [-0.05, 0) is 35.2 Å². The van der Waals surface area contributed by atoms with Crippen LogP contribution in [0.2, 0.25) is 10.0 Å². The number of carbonyl (C=O) groups is 1. The zero-order valence-electron chi connectivity index (χ0n) is 18.8. The van der Waals surface area contributed by atoms with Crippen molar-refractivity contribution in [3.63, 3.8) is 0 Å². The van der Waals surface area contributed by atoms with E-state index in [0.29, 0.717) is 23.1 Å². The van der Waals surface area contributed by atoms with Gasteiger partial charge in [-0.3, -0.25) is 14.5 Å². The SMILES string of the molecule is O=C(Cc1ccc(Cl)c(Cl)c1)N(OCc1ccccc1)[C@H](CN1CCC(O)C1)c1ccccc1. The van der Waals surface area contributed by atoms with Crippen molar-refractivity contribution in [2.75, 3.05) is 19.6 Å². The minimum atomic E-state index is -0.345. The Hall–Kier alpha value is -2.41. The molecule has 7 heteroatoms. The van der Waals surface area contributed by atoms with Crippen molar-refractivity contribution in [2.45, 2.75) is 31.6 Å². The molecule has 1 amide bonds. The molecule has 2 atom stereocenters. The van der Waals surface area contributed by atoms with E-state index in [1.54, 1.807) is 18.2 Å². The van der Waals surface area contributed by atoms with Gasteiger partial charge in [0.25, 0.3) is 5.91 Å². The minimum Gasteiger partial charge on any atom is -0.392 e. The first-order valence-corrected chi connectivity index (χ1v) is 12.1. The molecule has 34 heavy (non-hydrogen) atoms. The van der Waals surface area contributed by atoms with E-state index in [1.165, 1.54) is 5.06 Å². The van der Waals surface area contributed by atoms with Crippen molar-refractivity contribution < 1.29 is 14.7 Å². The number of hydrogen-bond donors (Lipinski definition) is 1. The summed E-state index contributed by atoms with van der Waals surface area (Å²) >= 11 is 12.2. The monoisotopic (exact) mass is 498 g/mol. The van der Waals surface area contributed by atoms with E-state index in [2.05, 4.69) is 4.90 Å². The number of carbonyl (C=O) groups excluding carboxylic acids is 1. The summed E-state index contributed by atoms with van der Waals surface area (Å²) in [4.78, 5) is 22.0. The van der Waals surface area contributed by atoms with Gasteiger partial charge in [-0.25, -0.2) is 5.06 Å². The molecular formula is C27H28Cl2N2O3. The first-order chi connectivity index (χ1) is 16.5. The maximum absolute atomic E-state index is 13.6. The maximum atomic E-state index is 13.6. The van der Waals surface area contributed by atoms with E-state index in [-0.39, 0.29) is 31.1 Å². The second kappa shape index (κ2) is 11.8. The zero-order valence-corrected chi connectivity index (χ0v) is 20.3. The number of benzene rings is 3. The predicted octanol–water partition coefficient (Wildman–Crippen LogP) is 5.30. The molecule has 5 nitrogen and oxygen atoms in total. The third-order valence-corrected chi connectivity index (χ3v) is 6.68.